The zero-order valence-corrected chi connectivity index (χ0v) is 13.0. The SMILES string of the molecule is Cc1[nH]c2cc3c(cc2c1CC(N)C1CCCC1)CCC3. The van der Waals surface area contributed by atoms with Gasteiger partial charge >= 0.3 is 0 Å². The van der Waals surface area contributed by atoms with E-state index in [2.05, 4.69) is 24.0 Å². The Morgan fingerprint density at radius 2 is 1.86 bits per heavy atom. The van der Waals surface area contributed by atoms with Crippen LogP contribution in [0.5, 0.6) is 0 Å². The monoisotopic (exact) mass is 282 g/mol. The normalized spacial score (nSPS) is 20.3. The summed E-state index contributed by atoms with van der Waals surface area (Å²) < 4.78 is 0. The van der Waals surface area contributed by atoms with E-state index in [-0.39, 0.29) is 0 Å². The highest BCUT2D eigenvalue weighted by Gasteiger charge is 2.24. The van der Waals surface area contributed by atoms with Crippen LogP contribution in [0.4, 0.5) is 0 Å². The molecule has 1 heterocycles. The smallest absolute Gasteiger partial charge is 0.0461 e. The molecule has 1 saturated carbocycles. The van der Waals surface area contributed by atoms with E-state index < -0.39 is 0 Å². The van der Waals surface area contributed by atoms with Gasteiger partial charge in [-0.25, -0.2) is 0 Å². The highest BCUT2D eigenvalue weighted by molar-refractivity contribution is 5.86. The largest absolute Gasteiger partial charge is 0.358 e. The van der Waals surface area contributed by atoms with Gasteiger partial charge in [0.2, 0.25) is 0 Å². The van der Waals surface area contributed by atoms with Crippen LogP contribution in [-0.2, 0) is 19.3 Å². The van der Waals surface area contributed by atoms with Crippen LogP contribution in [-0.4, -0.2) is 11.0 Å². The van der Waals surface area contributed by atoms with Crippen LogP contribution < -0.4 is 5.73 Å². The standard InChI is InChI=1S/C19H26N2/c1-12-16(11-18(20)13-5-2-3-6-13)17-9-14-7-4-8-15(14)10-19(17)21-12/h9-10,13,18,21H,2-8,11,20H2,1H3. The van der Waals surface area contributed by atoms with E-state index in [1.165, 1.54) is 67.1 Å². The number of hydrogen-bond donors (Lipinski definition) is 2. The molecule has 2 aliphatic carbocycles. The number of benzene rings is 1. The second-order valence-corrected chi connectivity index (χ2v) is 7.16. The van der Waals surface area contributed by atoms with Gasteiger partial charge in [-0.2, -0.15) is 0 Å². The van der Waals surface area contributed by atoms with Crippen LogP contribution in [0.15, 0.2) is 12.1 Å². The molecule has 112 valence electrons. The highest BCUT2D eigenvalue weighted by atomic mass is 14.7. The van der Waals surface area contributed by atoms with Gasteiger partial charge in [0.05, 0.1) is 0 Å². The first-order chi connectivity index (χ1) is 10.2. The average Bonchev–Trinajstić information content (AvgIpc) is 3.17. The molecule has 0 amide bonds. The molecule has 2 nitrogen and oxygen atoms in total. The second-order valence-electron chi connectivity index (χ2n) is 7.16. The van der Waals surface area contributed by atoms with E-state index in [9.17, 15) is 0 Å². The molecule has 4 rings (SSSR count). The fourth-order valence-electron chi connectivity index (χ4n) is 4.51. The molecule has 0 saturated heterocycles. The predicted molar refractivity (Wildman–Crippen MR) is 88.7 cm³/mol. The third-order valence-electron chi connectivity index (χ3n) is 5.78. The molecule has 1 atom stereocenters. The van der Waals surface area contributed by atoms with Crippen LogP contribution in [0.1, 0.15) is 54.5 Å². The first-order valence-corrected chi connectivity index (χ1v) is 8.61. The average molecular weight is 282 g/mol. The fourth-order valence-corrected chi connectivity index (χ4v) is 4.51. The number of nitrogens with two attached hydrogens (primary N) is 1. The second kappa shape index (κ2) is 5.17. The van der Waals surface area contributed by atoms with Gasteiger partial charge in [-0.05, 0) is 80.2 Å². The lowest BCUT2D eigenvalue weighted by Crippen LogP contribution is -2.30. The van der Waals surface area contributed by atoms with E-state index in [1.54, 1.807) is 11.1 Å². The van der Waals surface area contributed by atoms with Gasteiger partial charge < -0.3 is 10.7 Å². The molecule has 2 aliphatic rings. The van der Waals surface area contributed by atoms with E-state index in [0.717, 1.165) is 12.3 Å². The molecule has 2 heteroatoms. The van der Waals surface area contributed by atoms with Crippen molar-refractivity contribution in [3.63, 3.8) is 0 Å². The topological polar surface area (TPSA) is 41.8 Å². The van der Waals surface area contributed by atoms with Gasteiger partial charge in [0.25, 0.3) is 0 Å². The van der Waals surface area contributed by atoms with Gasteiger partial charge in [-0.1, -0.05) is 12.8 Å². The first kappa shape index (κ1) is 13.4. The van der Waals surface area contributed by atoms with Gasteiger partial charge in [0, 0.05) is 22.6 Å². The summed E-state index contributed by atoms with van der Waals surface area (Å²) in [4.78, 5) is 3.60. The summed E-state index contributed by atoms with van der Waals surface area (Å²) >= 11 is 0. The van der Waals surface area contributed by atoms with Crippen molar-refractivity contribution in [3.05, 3.63) is 34.5 Å². The van der Waals surface area contributed by atoms with E-state index in [0.29, 0.717) is 6.04 Å². The van der Waals surface area contributed by atoms with Gasteiger partial charge in [0.15, 0.2) is 0 Å². The Hall–Kier alpha value is -1.28. The lowest BCUT2D eigenvalue weighted by molar-refractivity contribution is 0.429. The number of rotatable bonds is 3. The Morgan fingerprint density at radius 1 is 1.14 bits per heavy atom. The van der Waals surface area contributed by atoms with Crippen molar-refractivity contribution in [2.45, 2.75) is 64.3 Å². The lowest BCUT2D eigenvalue weighted by atomic mass is 9.91. The van der Waals surface area contributed by atoms with E-state index in [1.807, 2.05) is 0 Å². The molecule has 21 heavy (non-hydrogen) atoms. The Balaban J connectivity index is 1.69. The third-order valence-corrected chi connectivity index (χ3v) is 5.78. The predicted octanol–water partition coefficient (Wildman–Crippen LogP) is 4.03. The molecule has 0 bridgehead atoms. The van der Waals surface area contributed by atoms with Crippen LogP contribution in [0.25, 0.3) is 10.9 Å². The highest BCUT2D eigenvalue weighted by Crippen LogP contribution is 2.33. The van der Waals surface area contributed by atoms with E-state index in [4.69, 9.17) is 5.73 Å². The summed E-state index contributed by atoms with van der Waals surface area (Å²) in [5, 5.41) is 1.43. The Morgan fingerprint density at radius 3 is 2.62 bits per heavy atom. The van der Waals surface area contributed by atoms with Crippen molar-refractivity contribution in [2.24, 2.45) is 11.7 Å². The van der Waals surface area contributed by atoms with Crippen molar-refractivity contribution in [3.8, 4) is 0 Å². The number of nitrogens with one attached hydrogen (secondary N) is 1. The van der Waals surface area contributed by atoms with Crippen LogP contribution in [0.2, 0.25) is 0 Å². The van der Waals surface area contributed by atoms with E-state index >= 15 is 0 Å². The van der Waals surface area contributed by atoms with Crippen molar-refractivity contribution < 1.29 is 0 Å². The first-order valence-electron chi connectivity index (χ1n) is 8.61. The molecule has 3 N–H and O–H groups in total. The summed E-state index contributed by atoms with van der Waals surface area (Å²) in [6, 6.07) is 5.16. The number of aryl methyl sites for hydroxylation is 3. The molecule has 0 aliphatic heterocycles. The molecule has 0 spiro atoms. The van der Waals surface area contributed by atoms with Crippen molar-refractivity contribution in [2.75, 3.05) is 0 Å². The van der Waals surface area contributed by atoms with Gasteiger partial charge in [0.1, 0.15) is 0 Å². The third kappa shape index (κ3) is 2.30. The molecule has 1 unspecified atom stereocenters. The maximum atomic E-state index is 6.53. The maximum Gasteiger partial charge on any atom is 0.0461 e. The Labute approximate surface area is 127 Å². The molecular formula is C19H26N2. The number of aromatic amines is 1. The summed E-state index contributed by atoms with van der Waals surface area (Å²) in [5.74, 6) is 0.740. The number of H-pyrrole nitrogens is 1. The number of hydrogen-bond acceptors (Lipinski definition) is 1. The minimum atomic E-state index is 0.332. The quantitative estimate of drug-likeness (QED) is 0.877. The number of aromatic nitrogens is 1. The minimum Gasteiger partial charge on any atom is -0.358 e. The zero-order chi connectivity index (χ0) is 14.4. The molecule has 2 aromatic rings. The van der Waals surface area contributed by atoms with Gasteiger partial charge in [-0.3, -0.25) is 0 Å². The number of fused-ring (bicyclic) bond motifs is 2. The summed E-state index contributed by atoms with van der Waals surface area (Å²) in [7, 11) is 0. The van der Waals surface area contributed by atoms with Crippen LogP contribution in [0.3, 0.4) is 0 Å². The molecule has 0 radical (unpaired) electrons. The molecule has 1 aromatic heterocycles. The molecule has 1 aromatic carbocycles. The Bertz CT molecular complexity index is 662. The lowest BCUT2D eigenvalue weighted by Gasteiger charge is -2.19. The van der Waals surface area contributed by atoms with Crippen molar-refractivity contribution in [1.29, 1.82) is 0 Å². The maximum absolute atomic E-state index is 6.53. The fraction of sp³-hybridized carbons (Fsp3) is 0.579. The molecular weight excluding hydrogens is 256 g/mol. The Kier molecular flexibility index (Phi) is 3.30. The van der Waals surface area contributed by atoms with Crippen molar-refractivity contribution in [1.82, 2.24) is 4.98 Å². The summed E-state index contributed by atoms with van der Waals surface area (Å²) in [6.45, 7) is 2.21. The summed E-state index contributed by atoms with van der Waals surface area (Å²) in [6.07, 6.45) is 10.3. The molecule has 1 fully saturated rings. The van der Waals surface area contributed by atoms with Crippen LogP contribution in [0, 0.1) is 12.8 Å². The minimum absolute atomic E-state index is 0.332. The van der Waals surface area contributed by atoms with Crippen LogP contribution >= 0.6 is 0 Å². The summed E-state index contributed by atoms with van der Waals surface area (Å²) in [5.41, 5.74) is 13.8. The van der Waals surface area contributed by atoms with Crippen molar-refractivity contribution >= 4 is 10.9 Å². The zero-order valence-electron chi connectivity index (χ0n) is 13.0. The van der Waals surface area contributed by atoms with Gasteiger partial charge in [-0.15, -0.1) is 0 Å².